The van der Waals surface area contributed by atoms with Crippen LogP contribution in [0.25, 0.3) is 0 Å². The number of carbonyl (C=O) groups excluding carboxylic acids is 1. The van der Waals surface area contributed by atoms with Gasteiger partial charge in [-0.25, -0.2) is 8.42 Å². The van der Waals surface area contributed by atoms with Crippen LogP contribution in [0.2, 0.25) is 0 Å². The van der Waals surface area contributed by atoms with E-state index in [2.05, 4.69) is 0 Å². The van der Waals surface area contributed by atoms with Crippen LogP contribution in [0.5, 0.6) is 0 Å². The van der Waals surface area contributed by atoms with Crippen LogP contribution in [0.3, 0.4) is 0 Å². The number of aryl methyl sites for hydroxylation is 1. The van der Waals surface area contributed by atoms with Crippen LogP contribution in [-0.2, 0) is 9.84 Å². The van der Waals surface area contributed by atoms with E-state index in [1.54, 1.807) is 23.1 Å². The van der Waals surface area contributed by atoms with Gasteiger partial charge in [-0.1, -0.05) is 6.07 Å². The smallest absolute Gasteiger partial charge is 0.254 e. The molecule has 6 heteroatoms. The number of amides is 1. The summed E-state index contributed by atoms with van der Waals surface area (Å²) in [5, 5.41) is 0. The molecule has 1 fully saturated rings. The molecule has 5 nitrogen and oxygen atoms in total. The summed E-state index contributed by atoms with van der Waals surface area (Å²) in [6, 6.07) is 5.20. The summed E-state index contributed by atoms with van der Waals surface area (Å²) in [6.07, 6.45) is 0.495. The fraction of sp³-hybridized carbons (Fsp3) is 0.462. The Kier molecular flexibility index (Phi) is 3.80. The van der Waals surface area contributed by atoms with Gasteiger partial charge in [0.15, 0.2) is 9.84 Å². The number of nitrogens with two attached hydrogens (primary N) is 1. The van der Waals surface area contributed by atoms with Crippen molar-refractivity contribution in [2.24, 2.45) is 0 Å². The van der Waals surface area contributed by atoms with Gasteiger partial charge in [-0.05, 0) is 31.0 Å². The highest BCUT2D eigenvalue weighted by molar-refractivity contribution is 7.91. The van der Waals surface area contributed by atoms with Crippen molar-refractivity contribution in [3.8, 4) is 0 Å². The lowest BCUT2D eigenvalue weighted by atomic mass is 10.1. The average Bonchev–Trinajstić information content (AvgIpc) is 2.52. The lowest BCUT2D eigenvalue weighted by molar-refractivity contribution is 0.0768. The third-order valence-electron chi connectivity index (χ3n) is 3.33. The maximum Gasteiger partial charge on any atom is 0.254 e. The minimum atomic E-state index is -3.00. The predicted octanol–water partition coefficient (Wildman–Crippen LogP) is 0.838. The molecule has 19 heavy (non-hydrogen) atoms. The zero-order chi connectivity index (χ0) is 14.0. The first-order valence-corrected chi connectivity index (χ1v) is 8.07. The highest BCUT2D eigenvalue weighted by Gasteiger charge is 2.24. The lowest BCUT2D eigenvalue weighted by Gasteiger charge is -2.21. The van der Waals surface area contributed by atoms with E-state index in [-0.39, 0.29) is 24.0 Å². The largest absolute Gasteiger partial charge is 0.399 e. The van der Waals surface area contributed by atoms with Crippen molar-refractivity contribution in [1.82, 2.24) is 4.90 Å². The summed E-state index contributed by atoms with van der Waals surface area (Å²) in [6.45, 7) is 2.59. The fourth-order valence-corrected chi connectivity index (χ4v) is 3.45. The van der Waals surface area contributed by atoms with Gasteiger partial charge in [-0.3, -0.25) is 4.79 Å². The van der Waals surface area contributed by atoms with Crippen molar-refractivity contribution >= 4 is 21.4 Å². The van der Waals surface area contributed by atoms with E-state index in [4.69, 9.17) is 5.73 Å². The van der Waals surface area contributed by atoms with Crippen molar-refractivity contribution in [2.75, 3.05) is 30.3 Å². The molecule has 1 aliphatic rings. The number of nitrogen functional groups attached to an aromatic ring is 1. The summed E-state index contributed by atoms with van der Waals surface area (Å²) >= 11 is 0. The van der Waals surface area contributed by atoms with Crippen molar-refractivity contribution in [1.29, 1.82) is 0 Å². The summed E-state index contributed by atoms with van der Waals surface area (Å²) in [5.74, 6) is 0.0641. The number of hydrogen-bond donors (Lipinski definition) is 1. The molecule has 0 saturated carbocycles. The maximum absolute atomic E-state index is 12.4. The van der Waals surface area contributed by atoms with Gasteiger partial charge in [0.25, 0.3) is 5.91 Å². The molecular weight excluding hydrogens is 264 g/mol. The van der Waals surface area contributed by atoms with Gasteiger partial charge >= 0.3 is 0 Å². The molecule has 2 N–H and O–H groups in total. The Morgan fingerprint density at radius 2 is 2.00 bits per heavy atom. The molecule has 104 valence electrons. The van der Waals surface area contributed by atoms with Crippen LogP contribution in [0.1, 0.15) is 22.3 Å². The lowest BCUT2D eigenvalue weighted by Crippen LogP contribution is -2.34. The highest BCUT2D eigenvalue weighted by atomic mass is 32.2. The maximum atomic E-state index is 12.4. The van der Waals surface area contributed by atoms with Gasteiger partial charge in [-0.15, -0.1) is 0 Å². The van der Waals surface area contributed by atoms with Crippen molar-refractivity contribution in [2.45, 2.75) is 13.3 Å². The Morgan fingerprint density at radius 1 is 1.26 bits per heavy atom. The van der Waals surface area contributed by atoms with Gasteiger partial charge in [0.05, 0.1) is 11.5 Å². The van der Waals surface area contributed by atoms with Crippen LogP contribution < -0.4 is 5.73 Å². The first-order valence-electron chi connectivity index (χ1n) is 6.25. The molecule has 0 unspecified atom stereocenters. The van der Waals surface area contributed by atoms with E-state index in [0.29, 0.717) is 24.2 Å². The van der Waals surface area contributed by atoms with E-state index in [9.17, 15) is 13.2 Å². The Balaban J connectivity index is 2.22. The van der Waals surface area contributed by atoms with E-state index in [1.807, 2.05) is 6.92 Å². The van der Waals surface area contributed by atoms with Gasteiger partial charge < -0.3 is 10.6 Å². The van der Waals surface area contributed by atoms with Crippen LogP contribution in [0.4, 0.5) is 5.69 Å². The number of rotatable bonds is 1. The number of hydrogen-bond acceptors (Lipinski definition) is 4. The van der Waals surface area contributed by atoms with Crippen molar-refractivity contribution < 1.29 is 13.2 Å². The van der Waals surface area contributed by atoms with Gasteiger partial charge in [0, 0.05) is 24.3 Å². The van der Waals surface area contributed by atoms with Gasteiger partial charge in [-0.2, -0.15) is 0 Å². The Bertz CT molecular complexity index is 596. The molecule has 1 aromatic carbocycles. The zero-order valence-electron chi connectivity index (χ0n) is 10.9. The molecular formula is C13H18N2O3S. The standard InChI is InChI=1S/C13H18N2O3S/c1-10-3-4-11(14)9-12(10)13(16)15-5-2-7-19(17,18)8-6-15/h3-4,9H,2,5-8,14H2,1H3. The van der Waals surface area contributed by atoms with Gasteiger partial charge in [0.2, 0.25) is 0 Å². The highest BCUT2D eigenvalue weighted by Crippen LogP contribution is 2.16. The fourth-order valence-electron chi connectivity index (χ4n) is 2.18. The second-order valence-corrected chi connectivity index (χ2v) is 7.18. The molecule has 1 aliphatic heterocycles. The van der Waals surface area contributed by atoms with E-state index in [0.717, 1.165) is 5.56 Å². The Hall–Kier alpha value is -1.56. The molecule has 1 heterocycles. The number of benzene rings is 1. The summed E-state index contributed by atoms with van der Waals surface area (Å²) in [4.78, 5) is 14.0. The Morgan fingerprint density at radius 3 is 2.74 bits per heavy atom. The first-order chi connectivity index (χ1) is 8.89. The van der Waals surface area contributed by atoms with Crippen LogP contribution in [0, 0.1) is 6.92 Å². The number of nitrogens with zero attached hydrogens (tertiary/aromatic N) is 1. The van der Waals surface area contributed by atoms with Crippen LogP contribution in [-0.4, -0.2) is 43.8 Å². The Labute approximate surface area is 113 Å². The minimum absolute atomic E-state index is 0.0418. The molecule has 0 aromatic heterocycles. The van der Waals surface area contributed by atoms with E-state index >= 15 is 0 Å². The summed E-state index contributed by atoms with van der Waals surface area (Å²) in [7, 11) is -3.00. The summed E-state index contributed by atoms with van der Waals surface area (Å²) < 4.78 is 23.1. The monoisotopic (exact) mass is 282 g/mol. The second-order valence-electron chi connectivity index (χ2n) is 4.87. The molecule has 1 saturated heterocycles. The second kappa shape index (κ2) is 5.21. The number of sulfone groups is 1. The molecule has 2 rings (SSSR count). The van der Waals surface area contributed by atoms with E-state index in [1.165, 1.54) is 0 Å². The molecule has 0 atom stereocenters. The normalized spacial score (nSPS) is 18.9. The van der Waals surface area contributed by atoms with Crippen LogP contribution >= 0.6 is 0 Å². The van der Waals surface area contributed by atoms with Crippen molar-refractivity contribution in [3.05, 3.63) is 29.3 Å². The molecule has 0 aliphatic carbocycles. The molecule has 0 radical (unpaired) electrons. The average molecular weight is 282 g/mol. The zero-order valence-corrected chi connectivity index (χ0v) is 11.7. The quantitative estimate of drug-likeness (QED) is 0.774. The topological polar surface area (TPSA) is 80.5 Å². The summed E-state index contributed by atoms with van der Waals surface area (Å²) in [5.41, 5.74) is 7.65. The van der Waals surface area contributed by atoms with E-state index < -0.39 is 9.84 Å². The van der Waals surface area contributed by atoms with Gasteiger partial charge in [0.1, 0.15) is 0 Å². The molecule has 0 spiro atoms. The SMILES string of the molecule is Cc1ccc(N)cc1C(=O)N1CCCS(=O)(=O)CC1. The van der Waals surface area contributed by atoms with Crippen molar-refractivity contribution in [3.63, 3.8) is 0 Å². The third-order valence-corrected chi connectivity index (χ3v) is 5.05. The predicted molar refractivity (Wildman–Crippen MR) is 74.8 cm³/mol. The molecule has 1 aromatic rings. The first kappa shape index (κ1) is 13.9. The minimum Gasteiger partial charge on any atom is -0.399 e. The number of carbonyl (C=O) groups is 1. The molecule has 0 bridgehead atoms. The third kappa shape index (κ3) is 3.26. The molecule has 1 amide bonds. The van der Waals surface area contributed by atoms with Crippen LogP contribution in [0.15, 0.2) is 18.2 Å². The number of anilines is 1.